The summed E-state index contributed by atoms with van der Waals surface area (Å²) in [5.41, 5.74) is 1.25. The lowest BCUT2D eigenvalue weighted by Gasteiger charge is -2.08. The van der Waals surface area contributed by atoms with Crippen LogP contribution in [0.25, 0.3) is 0 Å². The fourth-order valence-electron chi connectivity index (χ4n) is 1.68. The zero-order chi connectivity index (χ0) is 12.1. The van der Waals surface area contributed by atoms with E-state index in [0.717, 1.165) is 29.9 Å². The van der Waals surface area contributed by atoms with E-state index in [1.54, 1.807) is 0 Å². The Balaban J connectivity index is 1.97. The van der Waals surface area contributed by atoms with Gasteiger partial charge in [0.1, 0.15) is 0 Å². The molecule has 0 aliphatic rings. The number of imidazole rings is 1. The number of benzene rings is 1. The molecule has 0 spiro atoms. The number of aromatic nitrogens is 2. The molecule has 2 rings (SSSR count). The number of anilines is 1. The first-order chi connectivity index (χ1) is 8.29. The summed E-state index contributed by atoms with van der Waals surface area (Å²) in [4.78, 5) is 4.31. The van der Waals surface area contributed by atoms with Gasteiger partial charge in [-0.3, -0.25) is 0 Å². The van der Waals surface area contributed by atoms with Gasteiger partial charge in [-0.15, -0.1) is 0 Å². The van der Waals surface area contributed by atoms with E-state index in [2.05, 4.69) is 62.0 Å². The molecule has 0 amide bonds. The van der Waals surface area contributed by atoms with Crippen LogP contribution in [0.1, 0.15) is 18.9 Å². The summed E-state index contributed by atoms with van der Waals surface area (Å²) in [5.74, 6) is 0.940. The number of hydrogen-bond acceptors (Lipinski definition) is 2. The molecule has 0 bridgehead atoms. The van der Waals surface area contributed by atoms with E-state index in [9.17, 15) is 0 Å². The van der Waals surface area contributed by atoms with Crippen molar-refractivity contribution < 1.29 is 0 Å². The Bertz CT molecular complexity index is 462. The van der Waals surface area contributed by atoms with Crippen LogP contribution >= 0.6 is 15.9 Å². The molecule has 0 radical (unpaired) electrons. The maximum atomic E-state index is 4.31. The Morgan fingerprint density at radius 1 is 1.29 bits per heavy atom. The minimum Gasteiger partial charge on any atom is -0.352 e. The van der Waals surface area contributed by atoms with Gasteiger partial charge >= 0.3 is 0 Å². The number of nitrogens with zero attached hydrogens (tertiary/aromatic N) is 2. The Hall–Kier alpha value is -1.29. The van der Waals surface area contributed by atoms with Crippen molar-refractivity contribution in [1.29, 1.82) is 0 Å². The van der Waals surface area contributed by atoms with Crippen LogP contribution in [0.15, 0.2) is 41.1 Å². The zero-order valence-electron chi connectivity index (χ0n) is 9.86. The van der Waals surface area contributed by atoms with Crippen molar-refractivity contribution in [2.24, 2.45) is 0 Å². The van der Waals surface area contributed by atoms with Gasteiger partial charge in [0.25, 0.3) is 0 Å². The molecule has 1 aromatic heterocycles. The molecule has 0 unspecified atom stereocenters. The molecule has 0 fully saturated rings. The number of rotatable bonds is 5. The van der Waals surface area contributed by atoms with Gasteiger partial charge in [-0.2, -0.15) is 0 Å². The number of aryl methyl sites for hydroxylation is 1. The zero-order valence-corrected chi connectivity index (χ0v) is 11.4. The summed E-state index contributed by atoms with van der Waals surface area (Å²) >= 11 is 3.43. The average Bonchev–Trinajstić information content (AvgIpc) is 2.77. The Labute approximate surface area is 110 Å². The van der Waals surface area contributed by atoms with Gasteiger partial charge < -0.3 is 9.88 Å². The lowest BCUT2D eigenvalue weighted by molar-refractivity contribution is 0.682. The van der Waals surface area contributed by atoms with Gasteiger partial charge in [0.05, 0.1) is 0 Å². The molecule has 4 heteroatoms. The van der Waals surface area contributed by atoms with Gasteiger partial charge in [0.2, 0.25) is 5.95 Å². The number of halogens is 1. The molecule has 0 saturated carbocycles. The van der Waals surface area contributed by atoms with Crippen molar-refractivity contribution in [3.05, 3.63) is 46.7 Å². The smallest absolute Gasteiger partial charge is 0.203 e. The number of nitrogens with one attached hydrogen (secondary N) is 1. The first kappa shape index (κ1) is 12.2. The van der Waals surface area contributed by atoms with Gasteiger partial charge in [0, 0.05) is 30.0 Å². The molecular weight excluding hydrogens is 278 g/mol. The van der Waals surface area contributed by atoms with Crippen LogP contribution in [-0.2, 0) is 13.1 Å². The highest BCUT2D eigenvalue weighted by Gasteiger charge is 2.01. The van der Waals surface area contributed by atoms with Crippen LogP contribution in [0.5, 0.6) is 0 Å². The molecule has 0 aliphatic carbocycles. The Morgan fingerprint density at radius 2 is 2.06 bits per heavy atom. The lowest BCUT2D eigenvalue weighted by Crippen LogP contribution is -2.07. The molecule has 1 heterocycles. The Morgan fingerprint density at radius 3 is 2.76 bits per heavy atom. The molecule has 17 heavy (non-hydrogen) atoms. The van der Waals surface area contributed by atoms with Crippen LogP contribution in [0, 0.1) is 0 Å². The quantitative estimate of drug-likeness (QED) is 0.912. The summed E-state index contributed by atoms with van der Waals surface area (Å²) in [5, 5.41) is 3.35. The summed E-state index contributed by atoms with van der Waals surface area (Å²) < 4.78 is 3.24. The van der Waals surface area contributed by atoms with Crippen molar-refractivity contribution in [3.63, 3.8) is 0 Å². The summed E-state index contributed by atoms with van der Waals surface area (Å²) in [6.45, 7) is 3.97. The van der Waals surface area contributed by atoms with E-state index in [-0.39, 0.29) is 0 Å². The second-order valence-electron chi connectivity index (χ2n) is 3.92. The van der Waals surface area contributed by atoms with E-state index < -0.39 is 0 Å². The molecule has 2 aromatic rings. The predicted octanol–water partition coefficient (Wildman–Crippen LogP) is 3.67. The van der Waals surface area contributed by atoms with Crippen molar-refractivity contribution in [3.8, 4) is 0 Å². The van der Waals surface area contributed by atoms with Crippen molar-refractivity contribution in [1.82, 2.24) is 9.55 Å². The first-order valence-electron chi connectivity index (χ1n) is 5.79. The molecule has 1 N–H and O–H groups in total. The lowest BCUT2D eigenvalue weighted by atomic mass is 10.2. The minimum atomic E-state index is 0.800. The topological polar surface area (TPSA) is 29.9 Å². The summed E-state index contributed by atoms with van der Waals surface area (Å²) in [6.07, 6.45) is 4.95. The van der Waals surface area contributed by atoms with Gasteiger partial charge in [-0.25, -0.2) is 4.98 Å². The van der Waals surface area contributed by atoms with E-state index in [0.29, 0.717) is 0 Å². The molecular formula is C13H16BrN3. The average molecular weight is 294 g/mol. The van der Waals surface area contributed by atoms with Crippen LogP contribution in [0.3, 0.4) is 0 Å². The van der Waals surface area contributed by atoms with Crippen LogP contribution in [0.2, 0.25) is 0 Å². The molecule has 0 aliphatic heterocycles. The maximum Gasteiger partial charge on any atom is 0.203 e. The Kier molecular flexibility index (Phi) is 4.20. The third-order valence-corrected chi connectivity index (χ3v) is 3.07. The highest BCUT2D eigenvalue weighted by Crippen LogP contribution is 2.12. The fraction of sp³-hybridized carbons (Fsp3) is 0.308. The second kappa shape index (κ2) is 5.87. The normalized spacial score (nSPS) is 10.5. The minimum absolute atomic E-state index is 0.800. The van der Waals surface area contributed by atoms with Gasteiger partial charge in [-0.1, -0.05) is 35.0 Å². The monoisotopic (exact) mass is 293 g/mol. The van der Waals surface area contributed by atoms with Crippen LogP contribution < -0.4 is 5.32 Å². The van der Waals surface area contributed by atoms with Crippen LogP contribution in [-0.4, -0.2) is 9.55 Å². The summed E-state index contributed by atoms with van der Waals surface area (Å²) in [7, 11) is 0. The fourth-order valence-corrected chi connectivity index (χ4v) is 1.95. The van der Waals surface area contributed by atoms with E-state index in [1.807, 2.05) is 12.4 Å². The third-order valence-electron chi connectivity index (χ3n) is 2.54. The second-order valence-corrected chi connectivity index (χ2v) is 4.84. The maximum absolute atomic E-state index is 4.31. The predicted molar refractivity (Wildman–Crippen MR) is 74.0 cm³/mol. The highest BCUT2D eigenvalue weighted by molar-refractivity contribution is 9.10. The highest BCUT2D eigenvalue weighted by atomic mass is 79.9. The van der Waals surface area contributed by atoms with Crippen molar-refractivity contribution in [2.75, 3.05) is 5.32 Å². The largest absolute Gasteiger partial charge is 0.352 e. The molecule has 1 aromatic carbocycles. The molecule has 3 nitrogen and oxygen atoms in total. The first-order valence-corrected chi connectivity index (χ1v) is 6.58. The van der Waals surface area contributed by atoms with Crippen molar-refractivity contribution in [2.45, 2.75) is 26.4 Å². The van der Waals surface area contributed by atoms with E-state index in [1.165, 1.54) is 5.56 Å². The van der Waals surface area contributed by atoms with Gasteiger partial charge in [0.15, 0.2) is 0 Å². The molecule has 0 atom stereocenters. The molecule has 0 saturated heterocycles. The third kappa shape index (κ3) is 3.33. The van der Waals surface area contributed by atoms with Crippen molar-refractivity contribution >= 4 is 21.9 Å². The van der Waals surface area contributed by atoms with Gasteiger partial charge in [-0.05, 0) is 24.1 Å². The SMILES string of the molecule is CCCn1ccnc1NCc1ccc(Br)cc1. The van der Waals surface area contributed by atoms with E-state index in [4.69, 9.17) is 0 Å². The molecule has 90 valence electrons. The van der Waals surface area contributed by atoms with Crippen LogP contribution in [0.4, 0.5) is 5.95 Å². The van der Waals surface area contributed by atoms with E-state index >= 15 is 0 Å². The standard InChI is InChI=1S/C13H16BrN3/c1-2-8-17-9-7-15-13(17)16-10-11-3-5-12(14)6-4-11/h3-7,9H,2,8,10H2,1H3,(H,15,16). The number of hydrogen-bond donors (Lipinski definition) is 1. The summed E-state index contributed by atoms with van der Waals surface area (Å²) in [6, 6.07) is 8.30.